The molecule has 0 fully saturated rings. The fourth-order valence-electron chi connectivity index (χ4n) is 1.20. The summed E-state index contributed by atoms with van der Waals surface area (Å²) in [4.78, 5) is 13.2. The molecule has 5 heteroatoms. The highest BCUT2D eigenvalue weighted by Crippen LogP contribution is 2.23. The van der Waals surface area contributed by atoms with Gasteiger partial charge in [0.1, 0.15) is 0 Å². The van der Waals surface area contributed by atoms with Crippen LogP contribution in [0.1, 0.15) is 32.1 Å². The lowest BCUT2D eigenvalue weighted by atomic mass is 10.1. The Hall–Kier alpha value is 0.177. The minimum Gasteiger partial charge on any atom is -0.211 e. The van der Waals surface area contributed by atoms with Crippen LogP contribution in [0.25, 0.3) is 0 Å². The summed E-state index contributed by atoms with van der Waals surface area (Å²) in [5.41, 5.74) is 0. The summed E-state index contributed by atoms with van der Waals surface area (Å²) >= 11 is 11.9. The van der Waals surface area contributed by atoms with Crippen LogP contribution in [0, 0.1) is 0 Å². The molecule has 0 aromatic heterocycles. The van der Waals surface area contributed by atoms with Crippen molar-refractivity contribution in [2.24, 2.45) is 4.99 Å². The summed E-state index contributed by atoms with van der Waals surface area (Å²) in [5.74, 6) is 0. The second kappa shape index (κ2) is 8.48. The van der Waals surface area contributed by atoms with Crippen molar-refractivity contribution in [3.63, 3.8) is 0 Å². The zero-order valence-electron chi connectivity index (χ0n) is 8.56. The Morgan fingerprint density at radius 2 is 1.71 bits per heavy atom. The average Bonchev–Trinajstić information content (AvgIpc) is 2.08. The quantitative estimate of drug-likeness (QED) is 0.213. The number of unbranched alkanes of at least 4 members (excludes halogenated alkanes) is 4. The molecule has 2 nitrogen and oxygen atoms in total. The molecule has 0 bridgehead atoms. The molecule has 0 radical (unpaired) electrons. The van der Waals surface area contributed by atoms with Crippen LogP contribution in [0.2, 0.25) is 12.6 Å². The standard InChI is InChI=1S/C9H17Cl2NOSi/c1-14(10,11)8-6-4-2-3-5-7-12-9-13/h2-8H2,1H3. The fraction of sp³-hybridized carbons (Fsp3) is 0.889. The van der Waals surface area contributed by atoms with Crippen LogP contribution in [-0.4, -0.2) is 19.3 Å². The van der Waals surface area contributed by atoms with E-state index in [0.717, 1.165) is 25.3 Å². The molecule has 0 heterocycles. The van der Waals surface area contributed by atoms with Crippen LogP contribution in [0.15, 0.2) is 4.99 Å². The first kappa shape index (κ1) is 14.2. The first-order valence-electron chi connectivity index (χ1n) is 4.98. The van der Waals surface area contributed by atoms with Crippen LogP contribution in [0.3, 0.4) is 0 Å². The molecule has 0 aromatic carbocycles. The molecule has 0 N–H and O–H groups in total. The van der Waals surface area contributed by atoms with Crippen LogP contribution < -0.4 is 0 Å². The predicted octanol–water partition coefficient (Wildman–Crippen LogP) is 3.82. The first-order valence-corrected chi connectivity index (χ1v) is 9.71. The molecular formula is C9H17Cl2NOSi. The molecule has 0 saturated carbocycles. The van der Waals surface area contributed by atoms with E-state index < -0.39 is 6.69 Å². The van der Waals surface area contributed by atoms with Crippen molar-refractivity contribution < 1.29 is 4.79 Å². The Morgan fingerprint density at radius 3 is 2.29 bits per heavy atom. The number of isocyanates is 1. The summed E-state index contributed by atoms with van der Waals surface area (Å²) in [6.07, 6.45) is 7.10. The predicted molar refractivity (Wildman–Crippen MR) is 64.2 cm³/mol. The van der Waals surface area contributed by atoms with E-state index in [4.69, 9.17) is 22.2 Å². The van der Waals surface area contributed by atoms with E-state index in [2.05, 4.69) is 4.99 Å². The van der Waals surface area contributed by atoms with Gasteiger partial charge in [0.2, 0.25) is 12.8 Å². The van der Waals surface area contributed by atoms with Gasteiger partial charge < -0.3 is 0 Å². The molecule has 0 aromatic rings. The van der Waals surface area contributed by atoms with Crippen molar-refractivity contribution in [3.8, 4) is 0 Å². The molecule has 14 heavy (non-hydrogen) atoms. The Balaban J connectivity index is 3.10. The smallest absolute Gasteiger partial charge is 0.211 e. The number of halogens is 2. The third-order valence-electron chi connectivity index (χ3n) is 1.95. The van der Waals surface area contributed by atoms with Gasteiger partial charge in [-0.3, -0.25) is 0 Å². The number of rotatable bonds is 8. The maximum Gasteiger partial charge on any atom is 0.248 e. The highest BCUT2D eigenvalue weighted by atomic mass is 35.7. The second-order valence-corrected chi connectivity index (χ2v) is 11.8. The second-order valence-electron chi connectivity index (χ2n) is 3.56. The Labute approximate surface area is 96.1 Å². The highest BCUT2D eigenvalue weighted by molar-refractivity contribution is 7.44. The molecule has 0 spiro atoms. The minimum atomic E-state index is -1.86. The lowest BCUT2D eigenvalue weighted by Crippen LogP contribution is -2.11. The number of aliphatic imine (C=N–C) groups is 1. The van der Waals surface area contributed by atoms with Gasteiger partial charge in [-0.25, -0.2) is 9.79 Å². The lowest BCUT2D eigenvalue weighted by molar-refractivity contribution is 0.560. The van der Waals surface area contributed by atoms with E-state index in [9.17, 15) is 4.79 Å². The van der Waals surface area contributed by atoms with Crippen molar-refractivity contribution in [3.05, 3.63) is 0 Å². The Bertz CT molecular complexity index is 188. The molecule has 0 aliphatic carbocycles. The number of hydrogen-bond donors (Lipinski definition) is 0. The van der Waals surface area contributed by atoms with Gasteiger partial charge in [-0.05, 0) is 19.0 Å². The maximum absolute atomic E-state index is 9.73. The molecule has 0 saturated heterocycles. The normalized spacial score (nSPS) is 11.1. The molecule has 0 amide bonds. The van der Waals surface area contributed by atoms with Gasteiger partial charge in [0.25, 0.3) is 0 Å². The van der Waals surface area contributed by atoms with E-state index in [1.807, 2.05) is 6.55 Å². The van der Waals surface area contributed by atoms with E-state index >= 15 is 0 Å². The van der Waals surface area contributed by atoms with Gasteiger partial charge in [-0.15, -0.1) is 22.2 Å². The molecular weight excluding hydrogens is 237 g/mol. The van der Waals surface area contributed by atoms with E-state index in [1.54, 1.807) is 0 Å². The van der Waals surface area contributed by atoms with Crippen molar-refractivity contribution in [1.82, 2.24) is 0 Å². The van der Waals surface area contributed by atoms with Crippen LogP contribution in [0.4, 0.5) is 0 Å². The van der Waals surface area contributed by atoms with Crippen LogP contribution in [-0.2, 0) is 4.79 Å². The summed E-state index contributed by atoms with van der Waals surface area (Å²) in [6.45, 7) is 0.702. The molecule has 0 aliphatic rings. The van der Waals surface area contributed by atoms with Gasteiger partial charge in [-0.1, -0.05) is 25.7 Å². The number of nitrogens with zero attached hydrogens (tertiary/aromatic N) is 1. The molecule has 0 rings (SSSR count). The minimum absolute atomic E-state index is 0.612. The van der Waals surface area contributed by atoms with E-state index in [0.29, 0.717) is 6.54 Å². The van der Waals surface area contributed by atoms with E-state index in [-0.39, 0.29) is 0 Å². The molecule has 0 aliphatic heterocycles. The fourth-order valence-corrected chi connectivity index (χ4v) is 2.87. The van der Waals surface area contributed by atoms with Crippen LogP contribution in [0.5, 0.6) is 0 Å². The maximum atomic E-state index is 9.73. The first-order chi connectivity index (χ1) is 6.56. The Kier molecular flexibility index (Phi) is 8.59. The summed E-state index contributed by atoms with van der Waals surface area (Å²) in [7, 11) is 0. The van der Waals surface area contributed by atoms with Gasteiger partial charge in [0.05, 0.1) is 6.54 Å². The average molecular weight is 254 g/mol. The van der Waals surface area contributed by atoms with E-state index in [1.165, 1.54) is 18.9 Å². The largest absolute Gasteiger partial charge is 0.248 e. The third kappa shape index (κ3) is 12.2. The summed E-state index contributed by atoms with van der Waals surface area (Å²) in [5, 5.41) is 0. The van der Waals surface area contributed by atoms with Crippen molar-refractivity contribution in [2.75, 3.05) is 6.54 Å². The van der Waals surface area contributed by atoms with Gasteiger partial charge in [0, 0.05) is 0 Å². The van der Waals surface area contributed by atoms with Gasteiger partial charge in [-0.2, -0.15) is 0 Å². The topological polar surface area (TPSA) is 29.4 Å². The van der Waals surface area contributed by atoms with Gasteiger partial charge >= 0.3 is 0 Å². The highest BCUT2D eigenvalue weighted by Gasteiger charge is 2.19. The van der Waals surface area contributed by atoms with Gasteiger partial charge in [0.15, 0.2) is 0 Å². The summed E-state index contributed by atoms with van der Waals surface area (Å²) in [6, 6.07) is 0.975. The SMILES string of the molecule is C[Si](Cl)(Cl)CCCCCCCN=C=O. The van der Waals surface area contributed by atoms with Crippen LogP contribution >= 0.6 is 22.2 Å². The van der Waals surface area contributed by atoms with Crippen molar-refractivity contribution in [1.29, 1.82) is 0 Å². The zero-order valence-corrected chi connectivity index (χ0v) is 11.1. The molecule has 0 unspecified atom stereocenters. The number of carbonyl (C=O) groups excluding carboxylic acids is 1. The lowest BCUT2D eigenvalue weighted by Gasteiger charge is -2.08. The molecule has 82 valence electrons. The summed E-state index contributed by atoms with van der Waals surface area (Å²) < 4.78 is 0. The number of hydrogen-bond acceptors (Lipinski definition) is 2. The monoisotopic (exact) mass is 253 g/mol. The Morgan fingerprint density at radius 1 is 1.14 bits per heavy atom. The zero-order chi connectivity index (χ0) is 10.9. The van der Waals surface area contributed by atoms with Crippen molar-refractivity contribution >= 4 is 34.9 Å². The van der Waals surface area contributed by atoms with Crippen molar-refractivity contribution in [2.45, 2.75) is 44.7 Å². The molecule has 0 atom stereocenters. The third-order valence-corrected chi connectivity index (χ3v) is 4.32.